The molecule has 6 nitrogen and oxygen atoms in total. The number of nitrogens with one attached hydrogen (secondary N) is 3. The number of carbonyl (C=O) groups is 1. The first kappa shape index (κ1) is 17.9. The molecule has 2 heterocycles. The standard InChI is InChI=1S/C22H23N5O/c28-22(25-17-6-2-1-3-7-17)26-19-10-13-21(23-16-19)24-18-8-11-20(12-9-18)27-14-4-5-15-27/h1-3,6-13,16H,4-5,14-15H2,(H,23,24)(H2,25,26,28). The maximum atomic E-state index is 12.0. The number of nitrogens with zero attached hydrogens (tertiary/aromatic N) is 2. The van der Waals surface area contributed by atoms with Gasteiger partial charge in [0.2, 0.25) is 0 Å². The second-order valence-electron chi connectivity index (χ2n) is 6.74. The first-order valence-electron chi connectivity index (χ1n) is 9.47. The minimum atomic E-state index is -0.300. The van der Waals surface area contributed by atoms with Crippen LogP contribution in [0.2, 0.25) is 0 Å². The summed E-state index contributed by atoms with van der Waals surface area (Å²) in [6.07, 6.45) is 4.17. The molecule has 2 aromatic carbocycles. The van der Waals surface area contributed by atoms with Crippen molar-refractivity contribution in [3.05, 3.63) is 72.9 Å². The van der Waals surface area contributed by atoms with Gasteiger partial charge >= 0.3 is 6.03 Å². The summed E-state index contributed by atoms with van der Waals surface area (Å²) in [5, 5.41) is 8.83. The zero-order chi connectivity index (χ0) is 19.2. The van der Waals surface area contributed by atoms with E-state index in [9.17, 15) is 4.79 Å². The first-order chi connectivity index (χ1) is 13.8. The van der Waals surface area contributed by atoms with E-state index in [4.69, 9.17) is 0 Å². The molecular formula is C22H23N5O. The highest BCUT2D eigenvalue weighted by molar-refractivity contribution is 5.99. The fourth-order valence-electron chi connectivity index (χ4n) is 3.24. The van der Waals surface area contributed by atoms with Crippen molar-refractivity contribution < 1.29 is 4.79 Å². The smallest absolute Gasteiger partial charge is 0.323 e. The molecule has 142 valence electrons. The molecule has 0 aliphatic carbocycles. The zero-order valence-electron chi connectivity index (χ0n) is 15.6. The predicted octanol–water partition coefficient (Wildman–Crippen LogP) is 5.07. The number of urea groups is 1. The second-order valence-corrected chi connectivity index (χ2v) is 6.74. The third-order valence-electron chi connectivity index (χ3n) is 4.66. The van der Waals surface area contributed by atoms with Crippen LogP contribution in [0, 0.1) is 0 Å². The van der Waals surface area contributed by atoms with Crippen LogP contribution in [0.1, 0.15) is 12.8 Å². The maximum absolute atomic E-state index is 12.0. The summed E-state index contributed by atoms with van der Waals surface area (Å²) >= 11 is 0. The summed E-state index contributed by atoms with van der Waals surface area (Å²) in [4.78, 5) is 18.8. The SMILES string of the molecule is O=C(Nc1ccccc1)Nc1ccc(Nc2ccc(N3CCCC3)cc2)nc1. The van der Waals surface area contributed by atoms with Crippen LogP contribution in [0.4, 0.5) is 33.4 Å². The highest BCUT2D eigenvalue weighted by Gasteiger charge is 2.11. The molecule has 4 rings (SSSR count). The van der Waals surface area contributed by atoms with E-state index in [1.165, 1.54) is 18.5 Å². The fraction of sp³-hybridized carbons (Fsp3) is 0.182. The molecule has 0 atom stereocenters. The summed E-state index contributed by atoms with van der Waals surface area (Å²) in [7, 11) is 0. The van der Waals surface area contributed by atoms with Crippen molar-refractivity contribution in [3.63, 3.8) is 0 Å². The van der Waals surface area contributed by atoms with Crippen LogP contribution in [0.5, 0.6) is 0 Å². The lowest BCUT2D eigenvalue weighted by atomic mass is 10.2. The van der Waals surface area contributed by atoms with Crippen LogP contribution in [-0.2, 0) is 0 Å². The molecule has 6 heteroatoms. The zero-order valence-corrected chi connectivity index (χ0v) is 15.6. The van der Waals surface area contributed by atoms with Gasteiger partial charge < -0.3 is 20.9 Å². The summed E-state index contributed by atoms with van der Waals surface area (Å²) < 4.78 is 0. The number of anilines is 5. The fourth-order valence-corrected chi connectivity index (χ4v) is 3.24. The number of amides is 2. The first-order valence-corrected chi connectivity index (χ1v) is 9.47. The predicted molar refractivity (Wildman–Crippen MR) is 114 cm³/mol. The number of rotatable bonds is 5. The minimum absolute atomic E-state index is 0.300. The number of carbonyl (C=O) groups excluding carboxylic acids is 1. The Hall–Kier alpha value is -3.54. The van der Waals surface area contributed by atoms with Crippen molar-refractivity contribution in [3.8, 4) is 0 Å². The molecule has 1 aliphatic rings. The highest BCUT2D eigenvalue weighted by atomic mass is 16.2. The van der Waals surface area contributed by atoms with Crippen molar-refractivity contribution in [2.45, 2.75) is 12.8 Å². The van der Waals surface area contributed by atoms with Crippen LogP contribution in [0.15, 0.2) is 72.9 Å². The number of pyridine rings is 1. The number of hydrogen-bond acceptors (Lipinski definition) is 4. The van der Waals surface area contributed by atoms with E-state index in [-0.39, 0.29) is 6.03 Å². The lowest BCUT2D eigenvalue weighted by Crippen LogP contribution is -2.19. The van der Waals surface area contributed by atoms with Crippen molar-refractivity contribution in [1.29, 1.82) is 0 Å². The summed E-state index contributed by atoms with van der Waals surface area (Å²) in [5.74, 6) is 0.725. The largest absolute Gasteiger partial charge is 0.372 e. The van der Waals surface area contributed by atoms with Crippen molar-refractivity contribution in [2.24, 2.45) is 0 Å². The molecule has 0 bridgehead atoms. The Labute approximate surface area is 164 Å². The van der Waals surface area contributed by atoms with Gasteiger partial charge in [0.05, 0.1) is 11.9 Å². The van der Waals surface area contributed by atoms with Crippen molar-refractivity contribution in [2.75, 3.05) is 33.9 Å². The number of benzene rings is 2. The van der Waals surface area contributed by atoms with Gasteiger partial charge in [0.25, 0.3) is 0 Å². The summed E-state index contributed by atoms with van der Waals surface area (Å²) in [5.41, 5.74) is 3.62. The molecule has 0 radical (unpaired) electrons. The van der Waals surface area contributed by atoms with E-state index < -0.39 is 0 Å². The molecule has 1 fully saturated rings. The molecule has 28 heavy (non-hydrogen) atoms. The Bertz CT molecular complexity index is 904. The van der Waals surface area contributed by atoms with Gasteiger partial charge in [0.1, 0.15) is 5.82 Å². The number of para-hydroxylation sites is 1. The van der Waals surface area contributed by atoms with Gasteiger partial charge in [-0.1, -0.05) is 18.2 Å². The average molecular weight is 373 g/mol. The minimum Gasteiger partial charge on any atom is -0.372 e. The second kappa shape index (κ2) is 8.43. The van der Waals surface area contributed by atoms with Crippen LogP contribution >= 0.6 is 0 Å². The molecule has 0 spiro atoms. The van der Waals surface area contributed by atoms with Crippen molar-refractivity contribution >= 4 is 34.6 Å². The Kier molecular flexibility index (Phi) is 5.38. The van der Waals surface area contributed by atoms with E-state index in [2.05, 4.69) is 50.1 Å². The summed E-state index contributed by atoms with van der Waals surface area (Å²) in [6, 6.07) is 21.1. The van der Waals surface area contributed by atoms with Gasteiger partial charge in [0.15, 0.2) is 0 Å². The molecule has 1 aliphatic heterocycles. The average Bonchev–Trinajstić information content (AvgIpc) is 3.26. The quantitative estimate of drug-likeness (QED) is 0.584. The Morgan fingerprint density at radius 3 is 2.14 bits per heavy atom. The Balaban J connectivity index is 1.32. The van der Waals surface area contributed by atoms with E-state index in [1.807, 2.05) is 42.5 Å². The molecular weight excluding hydrogens is 350 g/mol. The third-order valence-corrected chi connectivity index (χ3v) is 4.66. The lowest BCUT2D eigenvalue weighted by molar-refractivity contribution is 0.262. The van der Waals surface area contributed by atoms with Crippen LogP contribution < -0.4 is 20.9 Å². The summed E-state index contributed by atoms with van der Waals surface area (Å²) in [6.45, 7) is 2.28. The maximum Gasteiger partial charge on any atom is 0.323 e. The van der Waals surface area contributed by atoms with E-state index in [1.54, 1.807) is 6.20 Å². The van der Waals surface area contributed by atoms with Gasteiger partial charge in [-0.05, 0) is 61.4 Å². The van der Waals surface area contributed by atoms with E-state index >= 15 is 0 Å². The molecule has 3 aromatic rings. The normalized spacial score (nSPS) is 13.2. The van der Waals surface area contributed by atoms with E-state index in [0.717, 1.165) is 30.3 Å². The van der Waals surface area contributed by atoms with Gasteiger partial charge in [-0.2, -0.15) is 0 Å². The van der Waals surface area contributed by atoms with Gasteiger partial charge in [-0.3, -0.25) is 0 Å². The molecule has 2 amide bonds. The molecule has 1 saturated heterocycles. The molecule has 0 saturated carbocycles. The molecule has 1 aromatic heterocycles. The van der Waals surface area contributed by atoms with Gasteiger partial charge in [-0.25, -0.2) is 9.78 Å². The number of aromatic nitrogens is 1. The number of hydrogen-bond donors (Lipinski definition) is 3. The van der Waals surface area contributed by atoms with E-state index in [0.29, 0.717) is 5.69 Å². The van der Waals surface area contributed by atoms with Gasteiger partial charge in [-0.15, -0.1) is 0 Å². The highest BCUT2D eigenvalue weighted by Crippen LogP contribution is 2.23. The van der Waals surface area contributed by atoms with Gasteiger partial charge in [0, 0.05) is 30.2 Å². The van der Waals surface area contributed by atoms with Crippen LogP contribution in [-0.4, -0.2) is 24.1 Å². The third kappa shape index (κ3) is 4.59. The Morgan fingerprint density at radius 1 is 0.786 bits per heavy atom. The lowest BCUT2D eigenvalue weighted by Gasteiger charge is -2.17. The molecule has 0 unspecified atom stereocenters. The Morgan fingerprint density at radius 2 is 1.46 bits per heavy atom. The van der Waals surface area contributed by atoms with Crippen molar-refractivity contribution in [1.82, 2.24) is 4.98 Å². The molecule has 3 N–H and O–H groups in total. The van der Waals surface area contributed by atoms with Crippen LogP contribution in [0.25, 0.3) is 0 Å². The van der Waals surface area contributed by atoms with Crippen LogP contribution in [0.3, 0.4) is 0 Å². The topological polar surface area (TPSA) is 69.3 Å². The monoisotopic (exact) mass is 373 g/mol.